The first-order chi connectivity index (χ1) is 12.5. The highest BCUT2D eigenvalue weighted by Crippen LogP contribution is 2.24. The van der Waals surface area contributed by atoms with E-state index in [1.807, 2.05) is 0 Å². The molecule has 4 rings (SSSR count). The van der Waals surface area contributed by atoms with E-state index in [-0.39, 0.29) is 22.4 Å². The molecule has 0 spiro atoms. The number of nitrogens with one attached hydrogen (secondary N) is 1. The van der Waals surface area contributed by atoms with Crippen LogP contribution in [0.5, 0.6) is 5.88 Å². The van der Waals surface area contributed by atoms with E-state index < -0.39 is 12.2 Å². The monoisotopic (exact) mass is 380 g/mol. The molecule has 0 aromatic carbocycles. The Bertz CT molecular complexity index is 1020. The van der Waals surface area contributed by atoms with Gasteiger partial charge in [0.25, 0.3) is 5.56 Å². The number of hydrogen-bond donors (Lipinski definition) is 1. The minimum Gasteiger partial charge on any atom is -0.417 e. The smallest absolute Gasteiger partial charge is 0.388 e. The normalized spacial score (nSPS) is 14.0. The molecular weight excluding hydrogens is 370 g/mol. The lowest BCUT2D eigenvalue weighted by atomic mass is 10.4. The number of pyridine rings is 1. The molecule has 3 heterocycles. The molecule has 8 nitrogen and oxygen atoms in total. The molecule has 1 aliphatic carbocycles. The van der Waals surface area contributed by atoms with E-state index in [4.69, 9.17) is 11.6 Å². The van der Waals surface area contributed by atoms with Crippen molar-refractivity contribution in [2.24, 2.45) is 0 Å². The Morgan fingerprint density at radius 1 is 1.23 bits per heavy atom. The van der Waals surface area contributed by atoms with Crippen LogP contribution in [0.3, 0.4) is 0 Å². The predicted molar refractivity (Wildman–Crippen MR) is 89.0 cm³/mol. The average Bonchev–Trinajstić information content (AvgIpc) is 3.41. The molecule has 3 aromatic heterocycles. The average molecular weight is 381 g/mol. The fourth-order valence-electron chi connectivity index (χ4n) is 2.34. The van der Waals surface area contributed by atoms with Crippen molar-refractivity contribution in [1.29, 1.82) is 0 Å². The second kappa shape index (κ2) is 6.45. The van der Waals surface area contributed by atoms with Gasteiger partial charge in [-0.1, -0.05) is 11.6 Å². The molecule has 3 aromatic rings. The van der Waals surface area contributed by atoms with Crippen LogP contribution in [0.25, 0.3) is 16.9 Å². The summed E-state index contributed by atoms with van der Waals surface area (Å²) in [5.74, 6) is 0.0925. The maximum Gasteiger partial charge on any atom is 0.388 e. The number of alkyl halides is 2. The molecule has 1 N–H and O–H groups in total. The molecule has 0 aliphatic heterocycles. The Hall–Kier alpha value is -2.88. The quantitative estimate of drug-likeness (QED) is 0.726. The minimum absolute atomic E-state index is 0.224. The summed E-state index contributed by atoms with van der Waals surface area (Å²) in [5, 5.41) is 2.87. The van der Waals surface area contributed by atoms with E-state index in [1.165, 1.54) is 29.1 Å². The summed E-state index contributed by atoms with van der Waals surface area (Å²) in [6.45, 7) is -2.99. The molecule has 134 valence electrons. The lowest BCUT2D eigenvalue weighted by Gasteiger charge is -2.11. The van der Waals surface area contributed by atoms with Gasteiger partial charge in [0.2, 0.25) is 11.8 Å². The fraction of sp³-hybridized carbons (Fsp3) is 0.267. The Morgan fingerprint density at radius 2 is 2.04 bits per heavy atom. The molecule has 0 radical (unpaired) electrons. The Balaban J connectivity index is 1.83. The van der Waals surface area contributed by atoms with Gasteiger partial charge in [0, 0.05) is 12.1 Å². The third-order valence-electron chi connectivity index (χ3n) is 3.66. The van der Waals surface area contributed by atoms with E-state index >= 15 is 0 Å². The molecule has 0 amide bonds. The summed E-state index contributed by atoms with van der Waals surface area (Å²) in [7, 11) is 0. The van der Waals surface area contributed by atoms with Gasteiger partial charge in [0.15, 0.2) is 10.8 Å². The highest BCUT2D eigenvalue weighted by atomic mass is 35.5. The van der Waals surface area contributed by atoms with Gasteiger partial charge in [-0.15, -0.1) is 0 Å². The second-order valence-electron chi connectivity index (χ2n) is 5.60. The van der Waals surface area contributed by atoms with Crippen LogP contribution in [0.1, 0.15) is 12.8 Å². The van der Waals surface area contributed by atoms with Crippen molar-refractivity contribution in [2.45, 2.75) is 25.5 Å². The first-order valence-corrected chi connectivity index (χ1v) is 8.02. The summed E-state index contributed by atoms with van der Waals surface area (Å²) in [6.07, 6.45) is 4.73. The molecule has 26 heavy (non-hydrogen) atoms. The Kier molecular flexibility index (Phi) is 4.11. The summed E-state index contributed by atoms with van der Waals surface area (Å²) in [6, 6.07) is 2.94. The van der Waals surface area contributed by atoms with Crippen molar-refractivity contribution in [3.05, 3.63) is 40.0 Å². The lowest BCUT2D eigenvalue weighted by molar-refractivity contribution is -0.0528. The zero-order valence-corrected chi connectivity index (χ0v) is 13.8. The van der Waals surface area contributed by atoms with Crippen LogP contribution in [0.15, 0.2) is 29.3 Å². The standard InChI is InChI=1S/C15H11ClF2N6O2/c16-11-13(25)24(8-3-4-10(19-5-8)26-14(17)18)12-9(22-11)6-20-15(23-12)21-7-1-2-7/h3-7,14H,1-2H2,(H,20,21,23). The van der Waals surface area contributed by atoms with E-state index in [2.05, 4.69) is 30.0 Å². The van der Waals surface area contributed by atoms with Gasteiger partial charge >= 0.3 is 6.61 Å². The summed E-state index contributed by atoms with van der Waals surface area (Å²) in [4.78, 5) is 28.8. The zero-order valence-electron chi connectivity index (χ0n) is 13.1. The summed E-state index contributed by atoms with van der Waals surface area (Å²) >= 11 is 5.92. The number of nitrogens with zero attached hydrogens (tertiary/aromatic N) is 5. The van der Waals surface area contributed by atoms with Crippen LogP contribution < -0.4 is 15.6 Å². The SMILES string of the molecule is O=c1c(Cl)nc2cnc(NC3CC3)nc2n1-c1ccc(OC(F)F)nc1. The van der Waals surface area contributed by atoms with E-state index in [1.54, 1.807) is 0 Å². The maximum absolute atomic E-state index is 12.5. The van der Waals surface area contributed by atoms with Gasteiger partial charge < -0.3 is 10.1 Å². The molecular formula is C15H11ClF2N6O2. The minimum atomic E-state index is -2.99. The highest BCUT2D eigenvalue weighted by Gasteiger charge is 2.22. The first kappa shape index (κ1) is 16.6. The first-order valence-electron chi connectivity index (χ1n) is 7.64. The third-order valence-corrected chi connectivity index (χ3v) is 3.91. The number of hydrogen-bond acceptors (Lipinski definition) is 7. The van der Waals surface area contributed by atoms with Gasteiger partial charge in [-0.2, -0.15) is 13.8 Å². The Labute approximate surface area is 149 Å². The molecule has 0 saturated heterocycles. The van der Waals surface area contributed by atoms with Gasteiger partial charge in [-0.05, 0) is 18.9 Å². The largest absolute Gasteiger partial charge is 0.417 e. The zero-order chi connectivity index (χ0) is 18.3. The maximum atomic E-state index is 12.5. The lowest BCUT2D eigenvalue weighted by Crippen LogP contribution is -2.22. The topological polar surface area (TPSA) is 94.8 Å². The number of aromatic nitrogens is 5. The predicted octanol–water partition coefficient (Wildman–Crippen LogP) is 2.40. The molecule has 0 bridgehead atoms. The van der Waals surface area contributed by atoms with Gasteiger partial charge in [0.1, 0.15) is 5.52 Å². The van der Waals surface area contributed by atoms with Crippen molar-refractivity contribution < 1.29 is 13.5 Å². The van der Waals surface area contributed by atoms with Crippen molar-refractivity contribution >= 4 is 28.7 Å². The van der Waals surface area contributed by atoms with Crippen molar-refractivity contribution in [3.63, 3.8) is 0 Å². The van der Waals surface area contributed by atoms with Crippen LogP contribution in [-0.2, 0) is 0 Å². The molecule has 0 atom stereocenters. The Morgan fingerprint density at radius 3 is 2.69 bits per heavy atom. The van der Waals surface area contributed by atoms with Crippen molar-refractivity contribution in [1.82, 2.24) is 24.5 Å². The number of ether oxygens (including phenoxy) is 1. The number of fused-ring (bicyclic) bond motifs is 1. The van der Waals surface area contributed by atoms with Crippen molar-refractivity contribution in [3.8, 4) is 11.6 Å². The van der Waals surface area contributed by atoms with E-state index in [9.17, 15) is 13.6 Å². The van der Waals surface area contributed by atoms with E-state index in [0.29, 0.717) is 17.5 Å². The van der Waals surface area contributed by atoms with Crippen LogP contribution in [0.4, 0.5) is 14.7 Å². The molecule has 11 heteroatoms. The summed E-state index contributed by atoms with van der Waals surface area (Å²) < 4.78 is 29.9. The van der Waals surface area contributed by atoms with Crippen molar-refractivity contribution in [2.75, 3.05) is 5.32 Å². The fourth-order valence-corrected chi connectivity index (χ4v) is 2.51. The van der Waals surface area contributed by atoms with Gasteiger partial charge in [-0.25, -0.2) is 15.0 Å². The molecule has 1 fully saturated rings. The third kappa shape index (κ3) is 3.27. The van der Waals surface area contributed by atoms with E-state index in [0.717, 1.165) is 12.8 Å². The van der Waals surface area contributed by atoms with Crippen LogP contribution in [0.2, 0.25) is 5.15 Å². The van der Waals surface area contributed by atoms with Crippen LogP contribution in [-0.4, -0.2) is 37.2 Å². The van der Waals surface area contributed by atoms with Crippen LogP contribution >= 0.6 is 11.6 Å². The highest BCUT2D eigenvalue weighted by molar-refractivity contribution is 6.29. The summed E-state index contributed by atoms with van der Waals surface area (Å²) in [5.41, 5.74) is 0.201. The number of halogens is 3. The molecule has 1 aliphatic rings. The molecule has 0 unspecified atom stereocenters. The van der Waals surface area contributed by atoms with Crippen LogP contribution in [0, 0.1) is 0 Å². The molecule has 1 saturated carbocycles. The van der Waals surface area contributed by atoms with Gasteiger partial charge in [-0.3, -0.25) is 9.36 Å². The second-order valence-corrected chi connectivity index (χ2v) is 5.96. The van der Waals surface area contributed by atoms with Gasteiger partial charge in [0.05, 0.1) is 18.1 Å². The number of rotatable bonds is 5. The number of anilines is 1.